The standard InChI is InChI=1S/C12H13F3O2/c13-12(14,15)10-3-1-2-4-11(10)17-7-9-5-8(9)6-16/h1-4,8-9,16H,5-7H2. The predicted octanol–water partition coefficient (Wildman–Crippen LogP) is 2.71. The highest BCUT2D eigenvalue weighted by atomic mass is 19.4. The Bertz CT molecular complexity index is 390. The first-order chi connectivity index (χ1) is 8.02. The first-order valence-electron chi connectivity index (χ1n) is 5.42. The van der Waals surface area contributed by atoms with Crippen LogP contribution in [0.1, 0.15) is 12.0 Å². The minimum absolute atomic E-state index is 0.0783. The van der Waals surface area contributed by atoms with E-state index in [9.17, 15) is 13.2 Å². The van der Waals surface area contributed by atoms with Gasteiger partial charge >= 0.3 is 6.18 Å². The van der Waals surface area contributed by atoms with E-state index in [1.165, 1.54) is 18.2 Å². The minimum atomic E-state index is -4.39. The molecule has 0 amide bonds. The number of benzene rings is 1. The van der Waals surface area contributed by atoms with Crippen molar-refractivity contribution >= 4 is 0 Å². The molecule has 0 saturated heterocycles. The quantitative estimate of drug-likeness (QED) is 0.885. The molecule has 94 valence electrons. The molecular weight excluding hydrogens is 233 g/mol. The van der Waals surface area contributed by atoms with Gasteiger partial charge in [-0.15, -0.1) is 0 Å². The van der Waals surface area contributed by atoms with Crippen LogP contribution in [0.4, 0.5) is 13.2 Å². The lowest BCUT2D eigenvalue weighted by Gasteiger charge is -2.13. The number of aliphatic hydroxyl groups is 1. The Kier molecular flexibility index (Phi) is 3.28. The van der Waals surface area contributed by atoms with E-state index in [0.29, 0.717) is 0 Å². The summed E-state index contributed by atoms with van der Waals surface area (Å²) < 4.78 is 43.0. The fourth-order valence-corrected chi connectivity index (χ4v) is 1.76. The third kappa shape index (κ3) is 2.91. The highest BCUT2D eigenvalue weighted by Gasteiger charge is 2.38. The van der Waals surface area contributed by atoms with Crippen molar-refractivity contribution in [3.8, 4) is 5.75 Å². The van der Waals surface area contributed by atoms with Gasteiger partial charge in [0.2, 0.25) is 0 Å². The first kappa shape index (κ1) is 12.2. The monoisotopic (exact) mass is 246 g/mol. The van der Waals surface area contributed by atoms with Gasteiger partial charge in [-0.05, 0) is 30.4 Å². The summed E-state index contributed by atoms with van der Waals surface area (Å²) in [6.07, 6.45) is -3.57. The number of hydrogen-bond donors (Lipinski definition) is 1. The van der Waals surface area contributed by atoms with Gasteiger partial charge in [-0.3, -0.25) is 0 Å². The van der Waals surface area contributed by atoms with Crippen LogP contribution >= 0.6 is 0 Å². The van der Waals surface area contributed by atoms with Crippen molar-refractivity contribution in [2.75, 3.05) is 13.2 Å². The topological polar surface area (TPSA) is 29.5 Å². The molecule has 0 radical (unpaired) electrons. The fraction of sp³-hybridized carbons (Fsp3) is 0.500. The summed E-state index contributed by atoms with van der Waals surface area (Å²) in [5.74, 6) is 0.234. The number of aliphatic hydroxyl groups excluding tert-OH is 1. The summed E-state index contributed by atoms with van der Waals surface area (Å²) in [5, 5.41) is 8.82. The normalized spacial score (nSPS) is 23.5. The molecule has 2 rings (SSSR count). The molecular formula is C12H13F3O2. The number of halogens is 3. The number of ether oxygens (including phenoxy) is 1. The lowest BCUT2D eigenvalue weighted by molar-refractivity contribution is -0.139. The zero-order valence-electron chi connectivity index (χ0n) is 9.07. The van der Waals surface area contributed by atoms with Gasteiger partial charge in [0.1, 0.15) is 5.75 Å². The largest absolute Gasteiger partial charge is 0.493 e. The Morgan fingerprint density at radius 2 is 1.94 bits per heavy atom. The second kappa shape index (κ2) is 4.56. The molecule has 1 aromatic carbocycles. The van der Waals surface area contributed by atoms with Crippen LogP contribution in [0.15, 0.2) is 24.3 Å². The van der Waals surface area contributed by atoms with Gasteiger partial charge in [-0.1, -0.05) is 12.1 Å². The molecule has 2 unspecified atom stereocenters. The van der Waals surface area contributed by atoms with Crippen LogP contribution in [0.2, 0.25) is 0 Å². The highest BCUT2D eigenvalue weighted by molar-refractivity contribution is 5.35. The smallest absolute Gasteiger partial charge is 0.419 e. The van der Waals surface area contributed by atoms with Gasteiger partial charge in [-0.25, -0.2) is 0 Å². The van der Waals surface area contributed by atoms with Gasteiger partial charge in [0.05, 0.1) is 12.2 Å². The number of para-hydroxylation sites is 1. The first-order valence-corrected chi connectivity index (χ1v) is 5.42. The number of alkyl halides is 3. The van der Waals surface area contributed by atoms with Crippen LogP contribution < -0.4 is 4.74 Å². The van der Waals surface area contributed by atoms with E-state index >= 15 is 0 Å². The lowest BCUT2D eigenvalue weighted by Crippen LogP contribution is -2.10. The van der Waals surface area contributed by atoms with Gasteiger partial charge in [0.25, 0.3) is 0 Å². The molecule has 1 N–H and O–H groups in total. The van der Waals surface area contributed by atoms with Crippen molar-refractivity contribution in [3.63, 3.8) is 0 Å². The van der Waals surface area contributed by atoms with Gasteiger partial charge in [-0.2, -0.15) is 13.2 Å². The molecule has 17 heavy (non-hydrogen) atoms. The molecule has 0 bridgehead atoms. The molecule has 1 aromatic rings. The van der Waals surface area contributed by atoms with E-state index in [4.69, 9.17) is 9.84 Å². The summed E-state index contributed by atoms with van der Waals surface area (Å²) in [7, 11) is 0. The average molecular weight is 246 g/mol. The molecule has 2 nitrogen and oxygen atoms in total. The van der Waals surface area contributed by atoms with Crippen molar-refractivity contribution < 1.29 is 23.0 Å². The molecule has 1 saturated carbocycles. The maximum absolute atomic E-state index is 12.6. The Morgan fingerprint density at radius 1 is 1.24 bits per heavy atom. The number of hydrogen-bond acceptors (Lipinski definition) is 2. The Morgan fingerprint density at radius 3 is 2.53 bits per heavy atom. The summed E-state index contributed by atoms with van der Waals surface area (Å²) in [6, 6.07) is 5.18. The van der Waals surface area contributed by atoms with Crippen molar-refractivity contribution in [2.24, 2.45) is 11.8 Å². The summed E-state index contributed by atoms with van der Waals surface area (Å²) >= 11 is 0. The predicted molar refractivity (Wildman–Crippen MR) is 55.6 cm³/mol. The fourth-order valence-electron chi connectivity index (χ4n) is 1.76. The van der Waals surface area contributed by atoms with Gasteiger partial charge in [0.15, 0.2) is 0 Å². The van der Waals surface area contributed by atoms with Crippen LogP contribution in [0.25, 0.3) is 0 Å². The molecule has 5 heteroatoms. The molecule has 1 aliphatic carbocycles. The third-order valence-electron chi connectivity index (χ3n) is 2.95. The van der Waals surface area contributed by atoms with Crippen LogP contribution in [-0.2, 0) is 6.18 Å². The molecule has 0 heterocycles. The van der Waals surface area contributed by atoms with E-state index < -0.39 is 11.7 Å². The molecule has 0 aliphatic heterocycles. The SMILES string of the molecule is OCC1CC1COc1ccccc1C(F)(F)F. The molecule has 1 fully saturated rings. The van der Waals surface area contributed by atoms with E-state index in [1.807, 2.05) is 0 Å². The summed E-state index contributed by atoms with van der Waals surface area (Å²) in [4.78, 5) is 0. The minimum Gasteiger partial charge on any atom is -0.493 e. The Hall–Kier alpha value is -1.23. The van der Waals surface area contributed by atoms with Crippen LogP contribution in [0.3, 0.4) is 0 Å². The third-order valence-corrected chi connectivity index (χ3v) is 2.95. The van der Waals surface area contributed by atoms with E-state index in [0.717, 1.165) is 12.5 Å². The Balaban J connectivity index is 2.01. The number of rotatable bonds is 4. The summed E-state index contributed by atoms with van der Waals surface area (Å²) in [5.41, 5.74) is -0.749. The van der Waals surface area contributed by atoms with Crippen molar-refractivity contribution in [3.05, 3.63) is 29.8 Å². The molecule has 0 aromatic heterocycles. The van der Waals surface area contributed by atoms with E-state index in [-0.39, 0.29) is 30.8 Å². The van der Waals surface area contributed by atoms with Crippen molar-refractivity contribution in [2.45, 2.75) is 12.6 Å². The second-order valence-corrected chi connectivity index (χ2v) is 4.24. The van der Waals surface area contributed by atoms with E-state index in [1.54, 1.807) is 0 Å². The van der Waals surface area contributed by atoms with Crippen LogP contribution in [0.5, 0.6) is 5.75 Å². The molecule has 0 spiro atoms. The summed E-state index contributed by atoms with van der Waals surface area (Å²) in [6.45, 7) is 0.313. The van der Waals surface area contributed by atoms with E-state index in [2.05, 4.69) is 0 Å². The van der Waals surface area contributed by atoms with Crippen molar-refractivity contribution in [1.82, 2.24) is 0 Å². The molecule has 2 atom stereocenters. The Labute approximate surface area is 97.0 Å². The van der Waals surface area contributed by atoms with Crippen LogP contribution in [0, 0.1) is 11.8 Å². The maximum atomic E-state index is 12.6. The highest BCUT2D eigenvalue weighted by Crippen LogP contribution is 2.40. The van der Waals surface area contributed by atoms with Crippen LogP contribution in [-0.4, -0.2) is 18.3 Å². The maximum Gasteiger partial charge on any atom is 0.419 e. The van der Waals surface area contributed by atoms with Gasteiger partial charge in [0, 0.05) is 6.61 Å². The zero-order valence-corrected chi connectivity index (χ0v) is 9.07. The van der Waals surface area contributed by atoms with Crippen molar-refractivity contribution in [1.29, 1.82) is 0 Å². The average Bonchev–Trinajstić information content (AvgIpc) is 3.04. The van der Waals surface area contributed by atoms with Gasteiger partial charge < -0.3 is 9.84 Å². The molecule has 1 aliphatic rings. The lowest BCUT2D eigenvalue weighted by atomic mass is 10.2. The second-order valence-electron chi connectivity index (χ2n) is 4.24. The zero-order chi connectivity index (χ0) is 12.5.